The van der Waals surface area contributed by atoms with E-state index in [0.29, 0.717) is 4.47 Å². The number of benzene rings is 1. The molecule has 2 N–H and O–H groups in total. The van der Waals surface area contributed by atoms with Gasteiger partial charge in [-0.1, -0.05) is 15.9 Å². The second kappa shape index (κ2) is 5.58. The van der Waals surface area contributed by atoms with Crippen molar-refractivity contribution in [3.05, 3.63) is 22.7 Å². The fourth-order valence-electron chi connectivity index (χ4n) is 1.40. The Morgan fingerprint density at radius 1 is 1.17 bits per heavy atom. The molecule has 0 aliphatic heterocycles. The number of hydrogen-bond donors (Lipinski definition) is 1. The quantitative estimate of drug-likeness (QED) is 0.801. The predicted molar refractivity (Wildman–Crippen MR) is 74.9 cm³/mol. The van der Waals surface area contributed by atoms with Crippen molar-refractivity contribution in [1.82, 2.24) is 0 Å². The Bertz CT molecular complexity index is 638. The largest absolute Gasteiger partial charge is 0.398 e. The van der Waals surface area contributed by atoms with Crippen molar-refractivity contribution >= 4 is 41.3 Å². The van der Waals surface area contributed by atoms with Gasteiger partial charge in [0.05, 0.1) is 22.1 Å². The molecule has 0 aromatic heterocycles. The van der Waals surface area contributed by atoms with E-state index < -0.39 is 19.7 Å². The molecule has 1 rings (SSSR count). The first-order valence-corrected chi connectivity index (χ1v) is 9.58. The molecule has 0 aliphatic carbocycles. The average Bonchev–Trinajstić information content (AvgIpc) is 2.19. The van der Waals surface area contributed by atoms with Gasteiger partial charge in [0, 0.05) is 10.7 Å². The topological polar surface area (TPSA) is 94.3 Å². The summed E-state index contributed by atoms with van der Waals surface area (Å²) in [6.45, 7) is 0. The van der Waals surface area contributed by atoms with Crippen LogP contribution >= 0.6 is 15.9 Å². The van der Waals surface area contributed by atoms with E-state index in [4.69, 9.17) is 5.73 Å². The Morgan fingerprint density at radius 3 is 2.33 bits per heavy atom. The molecule has 0 aliphatic rings. The molecule has 0 spiro atoms. The van der Waals surface area contributed by atoms with Gasteiger partial charge in [-0.2, -0.15) is 0 Å². The van der Waals surface area contributed by atoms with Crippen molar-refractivity contribution in [1.29, 1.82) is 0 Å². The third kappa shape index (κ3) is 4.58. The van der Waals surface area contributed by atoms with Crippen molar-refractivity contribution in [2.75, 3.05) is 23.5 Å². The van der Waals surface area contributed by atoms with E-state index in [1.807, 2.05) is 0 Å². The molecule has 102 valence electrons. The highest BCUT2D eigenvalue weighted by molar-refractivity contribution is 9.10. The highest BCUT2D eigenvalue weighted by atomic mass is 79.9. The minimum atomic E-state index is -3.56. The van der Waals surface area contributed by atoms with Crippen molar-refractivity contribution in [2.45, 2.75) is 11.3 Å². The fraction of sp³-hybridized carbons (Fsp3) is 0.400. The van der Waals surface area contributed by atoms with Crippen LogP contribution in [0.15, 0.2) is 27.6 Å². The lowest BCUT2D eigenvalue weighted by atomic mass is 10.3. The molecule has 0 amide bonds. The van der Waals surface area contributed by atoms with E-state index in [9.17, 15) is 16.8 Å². The zero-order valence-corrected chi connectivity index (χ0v) is 13.0. The Balaban J connectivity index is 2.90. The minimum absolute atomic E-state index is 0.0328. The normalized spacial score (nSPS) is 12.6. The first-order valence-electron chi connectivity index (χ1n) is 5.07. The molecule has 0 saturated heterocycles. The van der Waals surface area contributed by atoms with Gasteiger partial charge in [0.1, 0.15) is 9.84 Å². The summed E-state index contributed by atoms with van der Waals surface area (Å²) in [5.41, 5.74) is 5.78. The third-order valence-electron chi connectivity index (χ3n) is 2.24. The van der Waals surface area contributed by atoms with E-state index in [0.717, 1.165) is 6.26 Å². The number of sulfone groups is 2. The van der Waals surface area contributed by atoms with E-state index in [2.05, 4.69) is 15.9 Å². The zero-order valence-electron chi connectivity index (χ0n) is 9.76. The van der Waals surface area contributed by atoms with Gasteiger partial charge in [-0.05, 0) is 24.6 Å². The molecule has 0 unspecified atom stereocenters. The molecular formula is C10H14BrNO4S2. The lowest BCUT2D eigenvalue weighted by molar-refractivity contribution is 0.592. The van der Waals surface area contributed by atoms with Crippen molar-refractivity contribution < 1.29 is 16.8 Å². The Kier molecular flexibility index (Phi) is 4.79. The molecule has 1 aromatic rings. The molecule has 0 radical (unpaired) electrons. The molecular weight excluding hydrogens is 342 g/mol. The molecule has 0 saturated carbocycles. The standard InChI is InChI=1S/C10H14BrNO4S2/c1-17(13,14)5-2-6-18(15,16)10-7-8(11)3-4-9(10)12/h3-4,7H,2,5-6,12H2,1H3. The summed E-state index contributed by atoms with van der Waals surface area (Å²) in [6, 6.07) is 4.56. The van der Waals surface area contributed by atoms with Gasteiger partial charge in [0.25, 0.3) is 0 Å². The van der Waals surface area contributed by atoms with Crippen LogP contribution in [0.4, 0.5) is 5.69 Å². The van der Waals surface area contributed by atoms with Crippen LogP contribution in [0.3, 0.4) is 0 Å². The molecule has 1 aromatic carbocycles. The van der Waals surface area contributed by atoms with Gasteiger partial charge >= 0.3 is 0 Å². The number of nitrogen functional groups attached to an aromatic ring is 1. The molecule has 0 fully saturated rings. The van der Waals surface area contributed by atoms with E-state index in [1.54, 1.807) is 6.07 Å². The summed E-state index contributed by atoms with van der Waals surface area (Å²) in [7, 11) is -6.71. The number of halogens is 1. The molecule has 8 heteroatoms. The smallest absolute Gasteiger partial charge is 0.180 e. The summed E-state index contributed by atoms with van der Waals surface area (Å²) in [5, 5.41) is 0. The van der Waals surface area contributed by atoms with Crippen LogP contribution in [0, 0.1) is 0 Å². The molecule has 5 nitrogen and oxygen atoms in total. The Hall–Kier alpha value is -0.600. The highest BCUT2D eigenvalue weighted by Gasteiger charge is 2.18. The molecule has 0 atom stereocenters. The van der Waals surface area contributed by atoms with Gasteiger partial charge < -0.3 is 5.73 Å². The Labute approximate surface area is 115 Å². The predicted octanol–water partition coefficient (Wildman–Crippen LogP) is 1.24. The van der Waals surface area contributed by atoms with Gasteiger partial charge in [-0.25, -0.2) is 16.8 Å². The van der Waals surface area contributed by atoms with Crippen LogP contribution < -0.4 is 5.73 Å². The Morgan fingerprint density at radius 2 is 1.78 bits per heavy atom. The number of nitrogens with two attached hydrogens (primary N) is 1. The van der Waals surface area contributed by atoms with Crippen LogP contribution in [0.25, 0.3) is 0 Å². The first kappa shape index (κ1) is 15.5. The lowest BCUT2D eigenvalue weighted by Gasteiger charge is -2.07. The van der Waals surface area contributed by atoms with Crippen LogP contribution in [-0.4, -0.2) is 34.6 Å². The molecule has 18 heavy (non-hydrogen) atoms. The minimum Gasteiger partial charge on any atom is -0.398 e. The van der Waals surface area contributed by atoms with Crippen molar-refractivity contribution in [3.63, 3.8) is 0 Å². The van der Waals surface area contributed by atoms with Gasteiger partial charge in [-0.15, -0.1) is 0 Å². The van der Waals surface area contributed by atoms with E-state index >= 15 is 0 Å². The molecule has 0 bridgehead atoms. The summed E-state index contributed by atoms with van der Waals surface area (Å²) in [5.74, 6) is -0.388. The van der Waals surface area contributed by atoms with Gasteiger partial charge in [-0.3, -0.25) is 0 Å². The van der Waals surface area contributed by atoms with Crippen molar-refractivity contribution in [2.24, 2.45) is 0 Å². The van der Waals surface area contributed by atoms with Crippen LogP contribution in [-0.2, 0) is 19.7 Å². The number of rotatable bonds is 5. The molecule has 0 heterocycles. The number of anilines is 1. The average molecular weight is 356 g/mol. The van der Waals surface area contributed by atoms with E-state index in [-0.39, 0.29) is 28.5 Å². The summed E-state index contributed by atoms with van der Waals surface area (Å²) >= 11 is 3.17. The van der Waals surface area contributed by atoms with Crippen LogP contribution in [0.2, 0.25) is 0 Å². The maximum atomic E-state index is 12.0. The fourth-order valence-corrected chi connectivity index (χ4v) is 4.24. The second-order valence-corrected chi connectivity index (χ2v) is 9.24. The highest BCUT2D eigenvalue weighted by Crippen LogP contribution is 2.24. The number of hydrogen-bond acceptors (Lipinski definition) is 5. The maximum Gasteiger partial charge on any atom is 0.180 e. The third-order valence-corrected chi connectivity index (χ3v) is 5.61. The van der Waals surface area contributed by atoms with Gasteiger partial charge in [0.15, 0.2) is 9.84 Å². The SMILES string of the molecule is CS(=O)(=O)CCCS(=O)(=O)c1cc(Br)ccc1N. The summed E-state index contributed by atoms with van der Waals surface area (Å²) < 4.78 is 46.5. The van der Waals surface area contributed by atoms with Crippen LogP contribution in [0.5, 0.6) is 0 Å². The van der Waals surface area contributed by atoms with Crippen LogP contribution in [0.1, 0.15) is 6.42 Å². The zero-order chi connectivity index (χ0) is 14.0. The van der Waals surface area contributed by atoms with Crippen molar-refractivity contribution in [3.8, 4) is 0 Å². The first-order chi connectivity index (χ1) is 8.12. The lowest BCUT2D eigenvalue weighted by Crippen LogP contribution is -2.13. The van der Waals surface area contributed by atoms with Gasteiger partial charge in [0.2, 0.25) is 0 Å². The monoisotopic (exact) mass is 355 g/mol. The van der Waals surface area contributed by atoms with E-state index in [1.165, 1.54) is 12.1 Å². The second-order valence-electron chi connectivity index (χ2n) is 3.98. The summed E-state index contributed by atoms with van der Waals surface area (Å²) in [6.07, 6.45) is 1.14. The maximum absolute atomic E-state index is 12.0. The summed E-state index contributed by atoms with van der Waals surface area (Å²) in [4.78, 5) is 0.0328.